The van der Waals surface area contributed by atoms with Gasteiger partial charge < -0.3 is 14.2 Å². The summed E-state index contributed by atoms with van der Waals surface area (Å²) in [6.45, 7) is 2.81. The molecular weight excluding hydrogens is 587 g/mol. The summed E-state index contributed by atoms with van der Waals surface area (Å²) in [5, 5.41) is 4.08. The molecule has 0 saturated carbocycles. The summed E-state index contributed by atoms with van der Waals surface area (Å²) < 4.78 is 18.7. The fraction of sp³-hybridized carbons (Fsp3) is 0.167. The van der Waals surface area contributed by atoms with Gasteiger partial charge in [-0.05, 0) is 86.9 Å². The van der Waals surface area contributed by atoms with E-state index in [1.54, 1.807) is 25.5 Å². The zero-order valence-corrected chi connectivity index (χ0v) is 21.3. The predicted octanol–water partition coefficient (Wildman–Crippen LogP) is 5.80. The molecule has 3 aromatic carbocycles. The maximum absolute atomic E-state index is 12.4. The van der Waals surface area contributed by atoms with Crippen LogP contribution in [0.5, 0.6) is 17.2 Å². The quantitative estimate of drug-likeness (QED) is 0.189. The number of hydrogen-bond acceptors (Lipinski definition) is 5. The standard InChI is InChI=1S/C24H22BrIN2O4/c1-3-31-22-12-17(11-19(25)23(22)32-15-16-7-5-4-6-8-16)14-27-28-24(29)18-9-10-20(26)21(13-18)30-2/h4-14H,3,15H2,1-2H3,(H,28,29)/b27-14-. The number of amides is 1. The lowest BCUT2D eigenvalue weighted by Crippen LogP contribution is -2.17. The van der Waals surface area contributed by atoms with E-state index in [1.165, 1.54) is 0 Å². The molecule has 0 aliphatic rings. The Hall–Kier alpha value is -2.59. The molecule has 166 valence electrons. The number of nitrogens with zero attached hydrogens (tertiary/aromatic N) is 1. The van der Waals surface area contributed by atoms with Gasteiger partial charge in [0.25, 0.3) is 5.91 Å². The van der Waals surface area contributed by atoms with Crippen LogP contribution in [0.1, 0.15) is 28.4 Å². The molecule has 6 nitrogen and oxygen atoms in total. The van der Waals surface area contributed by atoms with E-state index in [2.05, 4.69) is 49.0 Å². The summed E-state index contributed by atoms with van der Waals surface area (Å²) in [5.41, 5.74) is 4.80. The van der Waals surface area contributed by atoms with Crippen LogP contribution in [0.25, 0.3) is 0 Å². The van der Waals surface area contributed by atoms with Crippen molar-refractivity contribution in [2.45, 2.75) is 13.5 Å². The first kappa shape index (κ1) is 24.1. The highest BCUT2D eigenvalue weighted by molar-refractivity contribution is 14.1. The van der Waals surface area contributed by atoms with E-state index in [4.69, 9.17) is 14.2 Å². The van der Waals surface area contributed by atoms with Crippen LogP contribution in [-0.2, 0) is 6.61 Å². The Morgan fingerprint density at radius 1 is 1.09 bits per heavy atom. The Labute approximate surface area is 209 Å². The Morgan fingerprint density at radius 2 is 1.88 bits per heavy atom. The molecule has 0 radical (unpaired) electrons. The molecule has 0 bridgehead atoms. The topological polar surface area (TPSA) is 69.2 Å². The van der Waals surface area contributed by atoms with E-state index >= 15 is 0 Å². The van der Waals surface area contributed by atoms with Crippen LogP contribution in [0.4, 0.5) is 0 Å². The average Bonchev–Trinajstić information content (AvgIpc) is 2.79. The predicted molar refractivity (Wildman–Crippen MR) is 137 cm³/mol. The highest BCUT2D eigenvalue weighted by Crippen LogP contribution is 2.37. The Bertz CT molecular complexity index is 1110. The van der Waals surface area contributed by atoms with E-state index in [0.717, 1.165) is 19.2 Å². The van der Waals surface area contributed by atoms with Crippen LogP contribution < -0.4 is 19.6 Å². The van der Waals surface area contributed by atoms with Crippen LogP contribution in [0.2, 0.25) is 0 Å². The first-order chi connectivity index (χ1) is 15.5. The van der Waals surface area contributed by atoms with E-state index in [1.807, 2.05) is 55.5 Å². The number of nitrogens with one attached hydrogen (secondary N) is 1. The van der Waals surface area contributed by atoms with Crippen molar-refractivity contribution >= 4 is 50.6 Å². The van der Waals surface area contributed by atoms with Crippen molar-refractivity contribution < 1.29 is 19.0 Å². The van der Waals surface area contributed by atoms with Crippen LogP contribution in [0.3, 0.4) is 0 Å². The maximum Gasteiger partial charge on any atom is 0.271 e. The molecule has 0 aliphatic carbocycles. The Kier molecular flexibility index (Phi) is 8.92. The van der Waals surface area contributed by atoms with Gasteiger partial charge in [0.1, 0.15) is 12.4 Å². The van der Waals surface area contributed by atoms with Crippen LogP contribution in [-0.4, -0.2) is 25.8 Å². The number of carbonyl (C=O) groups excluding carboxylic acids is 1. The van der Waals surface area contributed by atoms with Gasteiger partial charge in [0.15, 0.2) is 11.5 Å². The molecule has 3 rings (SSSR count). The molecule has 0 saturated heterocycles. The number of rotatable bonds is 9. The van der Waals surface area contributed by atoms with Gasteiger partial charge in [0, 0.05) is 5.56 Å². The SMILES string of the molecule is CCOc1cc(/C=N\NC(=O)c2ccc(I)c(OC)c2)cc(Br)c1OCc1ccccc1. The molecule has 0 spiro atoms. The van der Waals surface area contributed by atoms with Crippen molar-refractivity contribution in [1.29, 1.82) is 0 Å². The zero-order chi connectivity index (χ0) is 22.9. The van der Waals surface area contributed by atoms with Gasteiger partial charge in [0.05, 0.1) is 28.0 Å². The molecule has 0 unspecified atom stereocenters. The third-order valence-electron chi connectivity index (χ3n) is 4.35. The molecule has 32 heavy (non-hydrogen) atoms. The highest BCUT2D eigenvalue weighted by Gasteiger charge is 2.13. The average molecular weight is 609 g/mol. The van der Waals surface area contributed by atoms with Crippen LogP contribution in [0, 0.1) is 3.57 Å². The van der Waals surface area contributed by atoms with Gasteiger partial charge in [-0.1, -0.05) is 30.3 Å². The van der Waals surface area contributed by atoms with E-state index in [0.29, 0.717) is 36.0 Å². The summed E-state index contributed by atoms with van der Waals surface area (Å²) in [4.78, 5) is 12.4. The van der Waals surface area contributed by atoms with Gasteiger partial charge in [0.2, 0.25) is 0 Å². The van der Waals surface area contributed by atoms with Gasteiger partial charge in [-0.3, -0.25) is 4.79 Å². The molecular formula is C24H22BrIN2O4. The first-order valence-electron chi connectivity index (χ1n) is 9.81. The van der Waals surface area contributed by atoms with Gasteiger partial charge >= 0.3 is 0 Å². The molecule has 0 atom stereocenters. The van der Waals surface area contributed by atoms with E-state index in [9.17, 15) is 4.79 Å². The third kappa shape index (κ3) is 6.46. The van der Waals surface area contributed by atoms with Crippen molar-refractivity contribution in [2.24, 2.45) is 5.10 Å². The first-order valence-corrected chi connectivity index (χ1v) is 11.7. The second kappa shape index (κ2) is 11.9. The molecule has 1 N–H and O–H groups in total. The molecule has 1 amide bonds. The fourth-order valence-electron chi connectivity index (χ4n) is 2.83. The summed E-state index contributed by atoms with van der Waals surface area (Å²) in [5.74, 6) is 1.51. The van der Waals surface area contributed by atoms with Crippen LogP contribution >= 0.6 is 38.5 Å². The summed E-state index contributed by atoms with van der Waals surface area (Å²) in [7, 11) is 1.57. The zero-order valence-electron chi connectivity index (χ0n) is 17.6. The number of carbonyl (C=O) groups is 1. The Balaban J connectivity index is 1.72. The minimum atomic E-state index is -0.331. The van der Waals surface area contributed by atoms with Gasteiger partial charge in [-0.15, -0.1) is 0 Å². The lowest BCUT2D eigenvalue weighted by Gasteiger charge is -2.14. The number of ether oxygens (including phenoxy) is 3. The van der Waals surface area contributed by atoms with Crippen molar-refractivity contribution in [3.63, 3.8) is 0 Å². The summed E-state index contributed by atoms with van der Waals surface area (Å²) in [6.07, 6.45) is 1.55. The van der Waals surface area contributed by atoms with Gasteiger partial charge in [-0.25, -0.2) is 5.43 Å². The second-order valence-electron chi connectivity index (χ2n) is 6.59. The largest absolute Gasteiger partial charge is 0.496 e. The van der Waals surface area contributed by atoms with E-state index < -0.39 is 0 Å². The number of hydrogen-bond donors (Lipinski definition) is 1. The highest BCUT2D eigenvalue weighted by atomic mass is 127. The van der Waals surface area contributed by atoms with Crippen molar-refractivity contribution in [1.82, 2.24) is 5.43 Å². The molecule has 0 aliphatic heterocycles. The number of methoxy groups -OCH3 is 1. The minimum Gasteiger partial charge on any atom is -0.496 e. The normalized spacial score (nSPS) is 10.8. The summed E-state index contributed by atoms with van der Waals surface area (Å²) >= 11 is 5.70. The maximum atomic E-state index is 12.4. The monoisotopic (exact) mass is 608 g/mol. The molecule has 0 heterocycles. The Morgan fingerprint density at radius 3 is 2.59 bits per heavy atom. The lowest BCUT2D eigenvalue weighted by molar-refractivity contribution is 0.0954. The molecule has 3 aromatic rings. The summed E-state index contributed by atoms with van der Waals surface area (Å²) in [6, 6.07) is 18.8. The molecule has 0 aromatic heterocycles. The lowest BCUT2D eigenvalue weighted by atomic mass is 10.2. The molecule has 8 heteroatoms. The second-order valence-corrected chi connectivity index (χ2v) is 8.60. The minimum absolute atomic E-state index is 0.331. The van der Waals surface area contributed by atoms with Crippen molar-refractivity contribution in [3.8, 4) is 17.2 Å². The van der Waals surface area contributed by atoms with Gasteiger partial charge in [-0.2, -0.15) is 5.10 Å². The van der Waals surface area contributed by atoms with Crippen molar-refractivity contribution in [3.05, 3.63) is 85.4 Å². The molecule has 0 fully saturated rings. The van der Waals surface area contributed by atoms with E-state index in [-0.39, 0.29) is 5.91 Å². The number of benzene rings is 3. The van der Waals surface area contributed by atoms with Crippen molar-refractivity contribution in [2.75, 3.05) is 13.7 Å². The number of halogens is 2. The smallest absolute Gasteiger partial charge is 0.271 e. The number of hydrazone groups is 1. The fourth-order valence-corrected chi connectivity index (χ4v) is 3.96. The third-order valence-corrected chi connectivity index (χ3v) is 5.83. The van der Waals surface area contributed by atoms with Crippen LogP contribution in [0.15, 0.2) is 70.2 Å².